The maximum absolute atomic E-state index is 13.2. The first kappa shape index (κ1) is 13.9. The van der Waals surface area contributed by atoms with Gasteiger partial charge in [-0.3, -0.25) is 0 Å². The summed E-state index contributed by atoms with van der Waals surface area (Å²) in [6, 6.07) is 11.0. The van der Waals surface area contributed by atoms with Gasteiger partial charge < -0.3 is 12.4 Å². The Morgan fingerprint density at radius 3 is 2.39 bits per heavy atom. The molecule has 0 amide bonds. The van der Waals surface area contributed by atoms with Crippen molar-refractivity contribution in [3.05, 3.63) is 48.3 Å². The Morgan fingerprint density at radius 2 is 1.61 bits per heavy atom. The van der Waals surface area contributed by atoms with Gasteiger partial charge in [0.15, 0.2) is 0 Å². The zero-order valence-corrected chi connectivity index (χ0v) is 14.0. The van der Waals surface area contributed by atoms with Crippen LogP contribution in [0.1, 0.15) is 0 Å². The monoisotopic (exact) mass is 478 g/mol. The fourth-order valence-electron chi connectivity index (χ4n) is 1.83. The fraction of sp³-hybridized carbons (Fsp3) is 0. The third-order valence-corrected chi connectivity index (χ3v) is 10.5. The summed E-state index contributed by atoms with van der Waals surface area (Å²) in [6.07, 6.45) is 0. The minimum atomic E-state index is -3.44. The molecule has 2 nitrogen and oxygen atoms in total. The maximum atomic E-state index is 13.2. The zero-order valence-electron chi connectivity index (χ0n) is 8.97. The molecule has 92 valence electrons. The van der Waals surface area contributed by atoms with E-state index in [1.54, 1.807) is 12.1 Å². The van der Waals surface area contributed by atoms with Crippen LogP contribution < -0.4 is 18.9 Å². The number of sulfone groups is 1. The van der Waals surface area contributed by atoms with Gasteiger partial charge in [-0.1, -0.05) is 0 Å². The number of hydrogen-bond donors (Lipinski definition) is 0. The molecule has 0 bridgehead atoms. The molecule has 1 aliphatic rings. The molecule has 0 aromatic heterocycles. The van der Waals surface area contributed by atoms with Gasteiger partial charge >= 0.3 is 110 Å². The minimum absolute atomic E-state index is 0. The molecule has 0 N–H and O–H groups in total. The van der Waals surface area contributed by atoms with Gasteiger partial charge in [0.2, 0.25) is 0 Å². The predicted octanol–water partition coefficient (Wildman–Crippen LogP) is -2.37. The molecule has 2 radical (unpaired) electrons. The van der Waals surface area contributed by atoms with Crippen LogP contribution in [0.15, 0.2) is 52.3 Å². The first-order valence-corrected chi connectivity index (χ1v) is 9.90. The SMILES string of the molecule is O=S1(=O)c2cccc[c]2[Bi+][c]2cc(F)ccc21.[Cl-]. The number of hydrogen-bond acceptors (Lipinski definition) is 2. The minimum Gasteiger partial charge on any atom is -1.00 e. The predicted molar refractivity (Wildman–Crippen MR) is 63.3 cm³/mol. The molecule has 18 heavy (non-hydrogen) atoms. The molecule has 0 saturated heterocycles. The molecule has 0 saturated carbocycles. The second-order valence-corrected chi connectivity index (χ2v) is 10.2. The van der Waals surface area contributed by atoms with Gasteiger partial charge in [-0.05, 0) is 0 Å². The summed E-state index contributed by atoms with van der Waals surface area (Å²) in [4.78, 5) is 0.713. The molecule has 2 aromatic rings. The van der Waals surface area contributed by atoms with Crippen LogP contribution in [0, 0.1) is 5.82 Å². The van der Waals surface area contributed by atoms with E-state index in [2.05, 4.69) is 0 Å². The van der Waals surface area contributed by atoms with E-state index in [9.17, 15) is 12.8 Å². The Hall–Kier alpha value is -0.507. The Bertz CT molecular complexity index is 716. The van der Waals surface area contributed by atoms with Crippen LogP contribution >= 0.6 is 0 Å². The van der Waals surface area contributed by atoms with Crippen LogP contribution in [0.25, 0.3) is 0 Å². The number of benzene rings is 2. The van der Waals surface area contributed by atoms with Crippen molar-refractivity contribution in [2.45, 2.75) is 9.79 Å². The van der Waals surface area contributed by atoms with Gasteiger partial charge in [0.25, 0.3) is 0 Å². The smallest absolute Gasteiger partial charge is 1.00 e. The van der Waals surface area contributed by atoms with E-state index in [0.29, 0.717) is 13.1 Å². The summed E-state index contributed by atoms with van der Waals surface area (Å²) in [5, 5.41) is 0. The van der Waals surface area contributed by atoms with Crippen molar-refractivity contribution in [1.29, 1.82) is 0 Å². The quantitative estimate of drug-likeness (QED) is 0.268. The van der Waals surface area contributed by atoms with Gasteiger partial charge in [-0.15, -0.1) is 0 Å². The number of rotatable bonds is 0. The van der Waals surface area contributed by atoms with E-state index < -0.39 is 33.1 Å². The topological polar surface area (TPSA) is 34.1 Å². The van der Waals surface area contributed by atoms with Crippen molar-refractivity contribution in [3.8, 4) is 0 Å². The van der Waals surface area contributed by atoms with Crippen LogP contribution in [-0.2, 0) is 9.84 Å². The molecular weight excluding hydrogens is 472 g/mol. The standard InChI is InChI=1S/C12H7FO2S.Bi.ClH/c13-10-6-8-12(9-7-10)16(14,15)11-4-2-1-3-5-11;;/h1-4,6-8H;;1H/q;+1;/p-1. The molecule has 0 fully saturated rings. The Labute approximate surface area is 122 Å². The maximum Gasteiger partial charge on any atom is -1.00 e. The van der Waals surface area contributed by atoms with E-state index >= 15 is 0 Å². The zero-order chi connectivity index (χ0) is 12.0. The summed E-state index contributed by atoms with van der Waals surface area (Å²) in [7, 11) is -3.44. The number of halogens is 2. The largest absolute Gasteiger partial charge is 1.00 e. The molecule has 0 aliphatic carbocycles. The number of fused-ring (bicyclic) bond motifs is 2. The van der Waals surface area contributed by atoms with E-state index in [1.165, 1.54) is 18.2 Å². The van der Waals surface area contributed by atoms with Crippen molar-refractivity contribution in [1.82, 2.24) is 0 Å². The van der Waals surface area contributed by atoms with E-state index in [0.717, 1.165) is 3.27 Å². The van der Waals surface area contributed by atoms with Crippen molar-refractivity contribution >= 4 is 39.6 Å². The average Bonchev–Trinajstić information content (AvgIpc) is 2.28. The van der Waals surface area contributed by atoms with E-state index in [-0.39, 0.29) is 18.2 Å². The summed E-state index contributed by atoms with van der Waals surface area (Å²) in [5.41, 5.74) is 0. The van der Waals surface area contributed by atoms with Crippen LogP contribution in [-0.4, -0.2) is 31.7 Å². The third-order valence-electron chi connectivity index (χ3n) is 2.61. The van der Waals surface area contributed by atoms with Crippen LogP contribution in [0.2, 0.25) is 0 Å². The Balaban J connectivity index is 0.00000120. The Kier molecular flexibility index (Phi) is 3.77. The van der Waals surface area contributed by atoms with Crippen LogP contribution in [0.5, 0.6) is 0 Å². The van der Waals surface area contributed by atoms with E-state index in [4.69, 9.17) is 0 Å². The molecular formula is C12H7BiClFO2S. The first-order chi connectivity index (χ1) is 8.09. The van der Waals surface area contributed by atoms with Crippen LogP contribution in [0.3, 0.4) is 0 Å². The Morgan fingerprint density at radius 1 is 0.944 bits per heavy atom. The van der Waals surface area contributed by atoms with Gasteiger partial charge in [0, 0.05) is 0 Å². The van der Waals surface area contributed by atoms with Crippen LogP contribution in [0.4, 0.5) is 4.39 Å². The van der Waals surface area contributed by atoms with Crippen molar-refractivity contribution in [2.24, 2.45) is 0 Å². The molecule has 0 unspecified atom stereocenters. The fourth-order valence-corrected chi connectivity index (χ4v) is 10.7. The second-order valence-electron chi connectivity index (χ2n) is 3.70. The molecule has 0 atom stereocenters. The normalized spacial score (nSPS) is 15.2. The molecule has 0 spiro atoms. The summed E-state index contributed by atoms with van der Waals surface area (Å²) in [6.45, 7) is 0. The van der Waals surface area contributed by atoms with Crippen molar-refractivity contribution in [3.63, 3.8) is 0 Å². The third kappa shape index (κ3) is 2.09. The summed E-state index contributed by atoms with van der Waals surface area (Å²) >= 11 is -1.31. The molecule has 6 heteroatoms. The van der Waals surface area contributed by atoms with Crippen molar-refractivity contribution in [2.75, 3.05) is 0 Å². The summed E-state index contributed by atoms with van der Waals surface area (Å²) < 4.78 is 39.4. The van der Waals surface area contributed by atoms with E-state index in [1.807, 2.05) is 12.1 Å². The van der Waals surface area contributed by atoms with Gasteiger partial charge in [0.05, 0.1) is 0 Å². The second kappa shape index (κ2) is 4.88. The molecule has 1 aliphatic heterocycles. The van der Waals surface area contributed by atoms with Gasteiger partial charge in [-0.2, -0.15) is 0 Å². The summed E-state index contributed by atoms with van der Waals surface area (Å²) in [5.74, 6) is -0.359. The van der Waals surface area contributed by atoms with Gasteiger partial charge in [0.1, 0.15) is 0 Å². The molecule has 3 rings (SSSR count). The first-order valence-electron chi connectivity index (χ1n) is 4.94. The average molecular weight is 479 g/mol. The molecule has 1 heterocycles. The molecule has 2 aromatic carbocycles. The van der Waals surface area contributed by atoms with Gasteiger partial charge in [-0.25, -0.2) is 0 Å². The van der Waals surface area contributed by atoms with Crippen molar-refractivity contribution < 1.29 is 25.2 Å².